The van der Waals surface area contributed by atoms with Gasteiger partial charge in [0, 0.05) is 16.3 Å². The Kier molecular flexibility index (Phi) is 5.54. The molecule has 150 valence electrons. The summed E-state index contributed by atoms with van der Waals surface area (Å²) in [5, 5.41) is 1.74. The molecule has 0 aliphatic heterocycles. The van der Waals surface area contributed by atoms with Crippen molar-refractivity contribution >= 4 is 34.7 Å². The number of ether oxygens (including phenoxy) is 1. The minimum Gasteiger partial charge on any atom is -0.497 e. The fourth-order valence-corrected chi connectivity index (χ4v) is 3.96. The van der Waals surface area contributed by atoms with Crippen molar-refractivity contribution in [1.82, 2.24) is 9.97 Å². The summed E-state index contributed by atoms with van der Waals surface area (Å²) in [6, 6.07) is 13.6. The maximum absolute atomic E-state index is 6.13. The smallest absolute Gasteiger partial charge is 0.152 e. The number of fused-ring (bicyclic) bond motifs is 1. The number of benzene rings is 2. The lowest BCUT2D eigenvalue weighted by molar-refractivity contribution is 0.279. The number of halogens is 1. The standard InChI is InChI=1S/C23H25ClN4O/c1-29-18-7-8-20-19(14-18)22(16-10-12-23(25,26)13-11-16)28-21(27-20)9-4-15-2-5-17(24)6-3-15/h2-9,14,16H,10-13,25-26H2,1H3. The molecule has 1 aliphatic carbocycles. The number of nitrogens with zero attached hydrogens (tertiary/aromatic N) is 2. The fraction of sp³-hybridized carbons (Fsp3) is 0.304. The summed E-state index contributed by atoms with van der Waals surface area (Å²) >= 11 is 5.97. The molecule has 1 fully saturated rings. The van der Waals surface area contributed by atoms with E-state index in [2.05, 4.69) is 0 Å². The average molecular weight is 409 g/mol. The molecule has 0 spiro atoms. The minimum atomic E-state index is -0.575. The lowest BCUT2D eigenvalue weighted by Gasteiger charge is -2.34. The zero-order valence-corrected chi connectivity index (χ0v) is 17.2. The second-order valence-corrected chi connectivity index (χ2v) is 8.18. The van der Waals surface area contributed by atoms with Gasteiger partial charge < -0.3 is 16.2 Å². The van der Waals surface area contributed by atoms with Crippen molar-refractivity contribution in [3.63, 3.8) is 0 Å². The third-order valence-corrected chi connectivity index (χ3v) is 5.80. The van der Waals surface area contributed by atoms with Crippen LogP contribution in [0.3, 0.4) is 0 Å². The highest BCUT2D eigenvalue weighted by atomic mass is 35.5. The van der Waals surface area contributed by atoms with E-state index in [1.807, 2.05) is 54.6 Å². The van der Waals surface area contributed by atoms with Crippen molar-refractivity contribution in [2.75, 3.05) is 7.11 Å². The molecule has 3 aromatic rings. The number of hydrogen-bond donors (Lipinski definition) is 2. The van der Waals surface area contributed by atoms with Gasteiger partial charge in [0.25, 0.3) is 0 Å². The Balaban J connectivity index is 1.73. The molecule has 1 saturated carbocycles. The highest BCUT2D eigenvalue weighted by Gasteiger charge is 2.30. The van der Waals surface area contributed by atoms with Crippen LogP contribution in [-0.4, -0.2) is 22.7 Å². The zero-order valence-electron chi connectivity index (χ0n) is 16.4. The van der Waals surface area contributed by atoms with Crippen LogP contribution in [0.25, 0.3) is 23.1 Å². The minimum absolute atomic E-state index is 0.301. The maximum Gasteiger partial charge on any atom is 0.152 e. The Morgan fingerprint density at radius 3 is 2.45 bits per heavy atom. The van der Waals surface area contributed by atoms with E-state index in [0.29, 0.717) is 16.8 Å². The van der Waals surface area contributed by atoms with Gasteiger partial charge in [-0.3, -0.25) is 0 Å². The van der Waals surface area contributed by atoms with Gasteiger partial charge in [-0.15, -0.1) is 0 Å². The van der Waals surface area contributed by atoms with Gasteiger partial charge in [-0.2, -0.15) is 0 Å². The van der Waals surface area contributed by atoms with E-state index in [4.69, 9.17) is 37.8 Å². The van der Waals surface area contributed by atoms with Gasteiger partial charge in [-0.25, -0.2) is 9.97 Å². The Morgan fingerprint density at radius 1 is 1.03 bits per heavy atom. The molecule has 0 saturated heterocycles. The van der Waals surface area contributed by atoms with E-state index in [1.54, 1.807) is 7.11 Å². The van der Waals surface area contributed by atoms with Gasteiger partial charge in [0.15, 0.2) is 5.82 Å². The molecular formula is C23H25ClN4O. The molecule has 4 N–H and O–H groups in total. The quantitative estimate of drug-likeness (QED) is 0.609. The first kappa shape index (κ1) is 19.8. The van der Waals surface area contributed by atoms with Crippen LogP contribution in [0.15, 0.2) is 42.5 Å². The molecule has 5 nitrogen and oxygen atoms in total. The van der Waals surface area contributed by atoms with Crippen molar-refractivity contribution in [1.29, 1.82) is 0 Å². The van der Waals surface area contributed by atoms with E-state index in [1.165, 1.54) is 0 Å². The summed E-state index contributed by atoms with van der Waals surface area (Å²) < 4.78 is 5.42. The van der Waals surface area contributed by atoms with Crippen LogP contribution >= 0.6 is 11.6 Å². The molecular weight excluding hydrogens is 384 g/mol. The summed E-state index contributed by atoms with van der Waals surface area (Å²) in [7, 11) is 1.67. The molecule has 6 heteroatoms. The summed E-state index contributed by atoms with van der Waals surface area (Å²) in [5.41, 5.74) is 14.7. The Hall–Kier alpha value is -2.47. The highest BCUT2D eigenvalue weighted by molar-refractivity contribution is 6.30. The lowest BCUT2D eigenvalue weighted by Crippen LogP contribution is -2.51. The Morgan fingerprint density at radius 2 is 1.76 bits per heavy atom. The van der Waals surface area contributed by atoms with E-state index < -0.39 is 5.66 Å². The molecule has 0 amide bonds. The fourth-order valence-electron chi connectivity index (χ4n) is 3.84. The summed E-state index contributed by atoms with van der Waals surface area (Å²) in [6.07, 6.45) is 7.32. The van der Waals surface area contributed by atoms with Crippen molar-refractivity contribution in [2.45, 2.75) is 37.3 Å². The van der Waals surface area contributed by atoms with Crippen molar-refractivity contribution in [3.05, 3.63) is 64.6 Å². The van der Waals surface area contributed by atoms with Gasteiger partial charge >= 0.3 is 0 Å². The topological polar surface area (TPSA) is 87.0 Å². The maximum atomic E-state index is 6.13. The number of hydrogen-bond acceptors (Lipinski definition) is 5. The van der Waals surface area contributed by atoms with Crippen LogP contribution in [0.5, 0.6) is 5.75 Å². The van der Waals surface area contributed by atoms with Gasteiger partial charge in [-0.05, 0) is 67.7 Å². The number of nitrogens with two attached hydrogens (primary N) is 2. The third kappa shape index (κ3) is 4.58. The molecule has 1 aliphatic rings. The van der Waals surface area contributed by atoms with Gasteiger partial charge in [0.2, 0.25) is 0 Å². The first-order chi connectivity index (χ1) is 13.9. The third-order valence-electron chi connectivity index (χ3n) is 5.55. The van der Waals surface area contributed by atoms with Gasteiger partial charge in [0.1, 0.15) is 5.75 Å². The zero-order chi connectivity index (χ0) is 20.4. The van der Waals surface area contributed by atoms with Crippen molar-refractivity contribution < 1.29 is 4.74 Å². The van der Waals surface area contributed by atoms with Gasteiger partial charge in [-0.1, -0.05) is 29.8 Å². The van der Waals surface area contributed by atoms with Crippen LogP contribution in [0, 0.1) is 0 Å². The predicted octanol–water partition coefficient (Wildman–Crippen LogP) is 4.73. The lowest BCUT2D eigenvalue weighted by atomic mass is 9.80. The van der Waals surface area contributed by atoms with E-state index in [0.717, 1.165) is 53.6 Å². The molecule has 29 heavy (non-hydrogen) atoms. The summed E-state index contributed by atoms with van der Waals surface area (Å²) in [5.74, 6) is 1.79. The molecule has 0 radical (unpaired) electrons. The van der Waals surface area contributed by atoms with Crippen LogP contribution < -0.4 is 16.2 Å². The molecule has 1 heterocycles. The van der Waals surface area contributed by atoms with Crippen LogP contribution in [0.1, 0.15) is 48.7 Å². The average Bonchev–Trinajstić information content (AvgIpc) is 2.72. The van der Waals surface area contributed by atoms with Crippen molar-refractivity contribution in [2.24, 2.45) is 11.5 Å². The Bertz CT molecular complexity index is 1040. The molecule has 4 rings (SSSR count). The predicted molar refractivity (Wildman–Crippen MR) is 119 cm³/mol. The van der Waals surface area contributed by atoms with Gasteiger partial charge in [0.05, 0.1) is 24.0 Å². The number of methoxy groups -OCH3 is 1. The van der Waals surface area contributed by atoms with E-state index in [-0.39, 0.29) is 0 Å². The SMILES string of the molecule is COc1ccc2nc(C=Cc3ccc(Cl)cc3)nc(C3CCC(N)(N)CC3)c2c1. The first-order valence-electron chi connectivity index (χ1n) is 9.81. The van der Waals surface area contributed by atoms with Crippen LogP contribution in [0.4, 0.5) is 0 Å². The molecule has 0 bridgehead atoms. The van der Waals surface area contributed by atoms with Crippen LogP contribution in [0.2, 0.25) is 5.02 Å². The van der Waals surface area contributed by atoms with Crippen LogP contribution in [-0.2, 0) is 0 Å². The molecule has 2 aromatic carbocycles. The van der Waals surface area contributed by atoms with E-state index in [9.17, 15) is 0 Å². The first-order valence-corrected chi connectivity index (χ1v) is 10.2. The Labute approximate surface area is 175 Å². The highest BCUT2D eigenvalue weighted by Crippen LogP contribution is 2.37. The molecule has 0 unspecified atom stereocenters. The molecule has 0 atom stereocenters. The number of rotatable bonds is 4. The summed E-state index contributed by atoms with van der Waals surface area (Å²) in [4.78, 5) is 9.66. The van der Waals surface area contributed by atoms with E-state index >= 15 is 0 Å². The largest absolute Gasteiger partial charge is 0.497 e. The normalized spacial score (nSPS) is 17.1. The van der Waals surface area contributed by atoms with Crippen molar-refractivity contribution in [3.8, 4) is 5.75 Å². The second-order valence-electron chi connectivity index (χ2n) is 7.74. The number of aromatic nitrogens is 2. The second kappa shape index (κ2) is 8.11. The summed E-state index contributed by atoms with van der Waals surface area (Å²) in [6.45, 7) is 0. The monoisotopic (exact) mass is 408 g/mol. The molecule has 1 aromatic heterocycles.